The predicted molar refractivity (Wildman–Crippen MR) is 129 cm³/mol. The Morgan fingerprint density at radius 3 is 2.59 bits per heavy atom. The summed E-state index contributed by atoms with van der Waals surface area (Å²) in [6, 6.07) is 16.6. The standard InChI is InChI=1S/C26H23N5O3/c1-3-23(32)28-26(2)20-10-6-7-11-22(20)31(25(26)34)17-12-16(14-27-15-17)13-21-18-8-4-5-9-19(18)24(33)30-29-21/h4-12,14-15H,3,13H2,1-2H3,(H,28,32)(H,30,33). The van der Waals surface area contributed by atoms with Gasteiger partial charge in [0, 0.05) is 30.0 Å². The summed E-state index contributed by atoms with van der Waals surface area (Å²) in [4.78, 5) is 44.0. The van der Waals surface area contributed by atoms with E-state index in [0.717, 1.165) is 16.5 Å². The average molecular weight is 454 g/mol. The minimum absolute atomic E-state index is 0.199. The molecule has 1 aliphatic rings. The Bertz CT molecular complexity index is 1500. The van der Waals surface area contributed by atoms with Gasteiger partial charge >= 0.3 is 0 Å². The van der Waals surface area contributed by atoms with Crippen molar-refractivity contribution in [3.05, 3.63) is 94.2 Å². The molecule has 1 aliphatic heterocycles. The highest BCUT2D eigenvalue weighted by atomic mass is 16.2. The monoisotopic (exact) mass is 453 g/mol. The average Bonchev–Trinajstić information content (AvgIpc) is 3.07. The van der Waals surface area contributed by atoms with Gasteiger partial charge in [-0.15, -0.1) is 0 Å². The van der Waals surface area contributed by atoms with Crippen LogP contribution in [0.2, 0.25) is 0 Å². The summed E-state index contributed by atoms with van der Waals surface area (Å²) in [5.41, 5.74) is 2.17. The molecule has 0 saturated carbocycles. The number of nitrogens with zero attached hydrogens (tertiary/aromatic N) is 3. The Morgan fingerprint density at radius 1 is 1.06 bits per heavy atom. The van der Waals surface area contributed by atoms with E-state index in [2.05, 4.69) is 20.5 Å². The molecule has 8 nitrogen and oxygen atoms in total. The molecule has 0 spiro atoms. The first-order valence-electron chi connectivity index (χ1n) is 11.1. The molecular weight excluding hydrogens is 430 g/mol. The van der Waals surface area contributed by atoms with Crippen molar-refractivity contribution in [2.45, 2.75) is 32.2 Å². The third kappa shape index (κ3) is 3.44. The van der Waals surface area contributed by atoms with Crippen LogP contribution < -0.4 is 15.8 Å². The second-order valence-electron chi connectivity index (χ2n) is 8.46. The van der Waals surface area contributed by atoms with Crippen molar-refractivity contribution < 1.29 is 9.59 Å². The van der Waals surface area contributed by atoms with Crippen molar-refractivity contribution >= 4 is 34.0 Å². The molecule has 34 heavy (non-hydrogen) atoms. The van der Waals surface area contributed by atoms with Crippen molar-refractivity contribution in [1.29, 1.82) is 0 Å². The summed E-state index contributed by atoms with van der Waals surface area (Å²) in [7, 11) is 0. The number of fused-ring (bicyclic) bond motifs is 2. The molecule has 2 aromatic carbocycles. The maximum Gasteiger partial charge on any atom is 0.272 e. The number of carbonyl (C=O) groups is 2. The third-order valence-electron chi connectivity index (χ3n) is 6.21. The number of hydrogen-bond acceptors (Lipinski definition) is 5. The van der Waals surface area contributed by atoms with Crippen LogP contribution in [0.5, 0.6) is 0 Å². The van der Waals surface area contributed by atoms with Gasteiger partial charge in [-0.25, -0.2) is 5.10 Å². The zero-order valence-corrected chi connectivity index (χ0v) is 18.8. The molecular formula is C26H23N5O3. The number of aromatic amines is 1. The molecule has 1 unspecified atom stereocenters. The van der Waals surface area contributed by atoms with Gasteiger partial charge in [0.2, 0.25) is 5.91 Å². The highest BCUT2D eigenvalue weighted by molar-refractivity contribution is 6.13. The number of anilines is 2. The SMILES string of the molecule is CCC(=O)NC1(C)C(=O)N(c2cncc(Cc3n[nH]c(=O)c4ccccc34)c2)c2ccccc21. The first-order valence-corrected chi connectivity index (χ1v) is 11.1. The van der Waals surface area contributed by atoms with E-state index in [9.17, 15) is 14.4 Å². The summed E-state index contributed by atoms with van der Waals surface area (Å²) >= 11 is 0. The van der Waals surface area contributed by atoms with Crippen molar-refractivity contribution in [3.63, 3.8) is 0 Å². The number of pyridine rings is 1. The number of para-hydroxylation sites is 1. The number of rotatable bonds is 5. The Kier molecular flexibility index (Phi) is 5.20. The van der Waals surface area contributed by atoms with Crippen LogP contribution in [0.25, 0.3) is 10.8 Å². The quantitative estimate of drug-likeness (QED) is 0.482. The van der Waals surface area contributed by atoms with Crippen LogP contribution in [0.3, 0.4) is 0 Å². The molecule has 8 heteroatoms. The zero-order valence-electron chi connectivity index (χ0n) is 18.8. The van der Waals surface area contributed by atoms with Crippen LogP contribution in [0.1, 0.15) is 37.1 Å². The van der Waals surface area contributed by atoms with Crippen LogP contribution in [0.4, 0.5) is 11.4 Å². The largest absolute Gasteiger partial charge is 0.338 e. The lowest BCUT2D eigenvalue weighted by Crippen LogP contribution is -2.50. The van der Waals surface area contributed by atoms with E-state index in [1.165, 1.54) is 0 Å². The zero-order chi connectivity index (χ0) is 23.9. The van der Waals surface area contributed by atoms with Gasteiger partial charge < -0.3 is 5.32 Å². The fourth-order valence-corrected chi connectivity index (χ4v) is 4.48. The van der Waals surface area contributed by atoms with Crippen LogP contribution in [-0.4, -0.2) is 27.0 Å². The topological polar surface area (TPSA) is 108 Å². The summed E-state index contributed by atoms with van der Waals surface area (Å²) in [5, 5.41) is 11.0. The van der Waals surface area contributed by atoms with Crippen molar-refractivity contribution in [2.75, 3.05) is 4.90 Å². The second kappa shape index (κ2) is 8.22. The lowest BCUT2D eigenvalue weighted by atomic mass is 9.93. The Morgan fingerprint density at radius 2 is 1.79 bits per heavy atom. The van der Waals surface area contributed by atoms with E-state index in [-0.39, 0.29) is 23.8 Å². The number of H-pyrrole nitrogens is 1. The molecule has 0 bridgehead atoms. The van der Waals surface area contributed by atoms with E-state index < -0.39 is 5.54 Å². The molecule has 2 amide bonds. The minimum atomic E-state index is -1.17. The molecule has 3 heterocycles. The number of amides is 2. The molecule has 5 rings (SSSR count). The second-order valence-corrected chi connectivity index (χ2v) is 8.46. The Labute approximate surface area is 195 Å². The molecule has 0 saturated heterocycles. The number of aromatic nitrogens is 3. The van der Waals surface area contributed by atoms with Gasteiger partial charge in [-0.05, 0) is 30.7 Å². The van der Waals surface area contributed by atoms with E-state index >= 15 is 0 Å². The smallest absolute Gasteiger partial charge is 0.272 e. The van der Waals surface area contributed by atoms with Crippen LogP contribution >= 0.6 is 0 Å². The maximum atomic E-state index is 13.6. The normalized spacial score (nSPS) is 17.1. The molecule has 4 aromatic rings. The number of carbonyl (C=O) groups excluding carboxylic acids is 2. The van der Waals surface area contributed by atoms with Gasteiger partial charge in [0.1, 0.15) is 5.54 Å². The van der Waals surface area contributed by atoms with Crippen LogP contribution in [-0.2, 0) is 21.5 Å². The summed E-state index contributed by atoms with van der Waals surface area (Å²) in [6.07, 6.45) is 4.05. The highest BCUT2D eigenvalue weighted by Gasteiger charge is 2.48. The van der Waals surface area contributed by atoms with Gasteiger partial charge in [0.05, 0.1) is 28.7 Å². The first-order chi connectivity index (χ1) is 16.4. The van der Waals surface area contributed by atoms with Gasteiger partial charge in [-0.1, -0.05) is 43.3 Å². The van der Waals surface area contributed by atoms with Gasteiger partial charge in [0.15, 0.2) is 0 Å². The van der Waals surface area contributed by atoms with Crippen LogP contribution in [0.15, 0.2) is 71.8 Å². The minimum Gasteiger partial charge on any atom is -0.338 e. The summed E-state index contributed by atoms with van der Waals surface area (Å²) < 4.78 is 0. The third-order valence-corrected chi connectivity index (χ3v) is 6.21. The fraction of sp³-hybridized carbons (Fsp3) is 0.192. The number of hydrogen-bond donors (Lipinski definition) is 2. The van der Waals surface area contributed by atoms with Gasteiger partial charge in [0.25, 0.3) is 11.5 Å². The van der Waals surface area contributed by atoms with E-state index in [1.54, 1.807) is 37.2 Å². The molecule has 0 aliphatic carbocycles. The molecule has 2 N–H and O–H groups in total. The fourth-order valence-electron chi connectivity index (χ4n) is 4.48. The highest BCUT2D eigenvalue weighted by Crippen LogP contribution is 2.44. The Hall–Kier alpha value is -4.33. The number of nitrogens with one attached hydrogen (secondary N) is 2. The van der Waals surface area contributed by atoms with Gasteiger partial charge in [-0.2, -0.15) is 5.10 Å². The van der Waals surface area contributed by atoms with E-state index in [1.807, 2.05) is 48.5 Å². The molecule has 0 radical (unpaired) electrons. The van der Waals surface area contributed by atoms with E-state index in [0.29, 0.717) is 28.9 Å². The van der Waals surface area contributed by atoms with Crippen molar-refractivity contribution in [3.8, 4) is 0 Å². The lowest BCUT2D eigenvalue weighted by Gasteiger charge is -2.25. The van der Waals surface area contributed by atoms with Crippen LogP contribution in [0, 0.1) is 0 Å². The van der Waals surface area contributed by atoms with Crippen molar-refractivity contribution in [2.24, 2.45) is 0 Å². The number of benzene rings is 2. The predicted octanol–water partition coefficient (Wildman–Crippen LogP) is 3.33. The lowest BCUT2D eigenvalue weighted by molar-refractivity contribution is -0.130. The molecule has 170 valence electrons. The summed E-state index contributed by atoms with van der Waals surface area (Å²) in [5.74, 6) is -0.447. The van der Waals surface area contributed by atoms with Crippen molar-refractivity contribution in [1.82, 2.24) is 20.5 Å². The van der Waals surface area contributed by atoms with Gasteiger partial charge in [-0.3, -0.25) is 24.3 Å². The Balaban J connectivity index is 1.54. The molecule has 1 atom stereocenters. The molecule has 0 fully saturated rings. The maximum absolute atomic E-state index is 13.6. The molecule has 2 aromatic heterocycles. The van der Waals surface area contributed by atoms with E-state index in [4.69, 9.17) is 0 Å². The first kappa shape index (κ1) is 21.5. The summed E-state index contributed by atoms with van der Waals surface area (Å²) in [6.45, 7) is 3.49.